The Bertz CT molecular complexity index is 722. The smallest absolute Gasteiger partial charge is 0.272 e. The van der Waals surface area contributed by atoms with Gasteiger partial charge in [-0.2, -0.15) is 0 Å². The third kappa shape index (κ3) is 4.96. The molecule has 0 unspecified atom stereocenters. The van der Waals surface area contributed by atoms with Crippen molar-refractivity contribution in [1.29, 1.82) is 0 Å². The number of hydrogen-bond donors (Lipinski definition) is 3. The van der Waals surface area contributed by atoms with Gasteiger partial charge in [-0.25, -0.2) is 13.2 Å². The summed E-state index contributed by atoms with van der Waals surface area (Å²) < 4.78 is 38.9. The molecule has 1 amide bonds. The van der Waals surface area contributed by atoms with E-state index in [9.17, 15) is 18.0 Å². The molecule has 2 aromatic rings. The Balaban J connectivity index is 1.81. The van der Waals surface area contributed by atoms with E-state index in [1.165, 1.54) is 12.1 Å². The predicted molar refractivity (Wildman–Crippen MR) is 82.8 cm³/mol. The van der Waals surface area contributed by atoms with Crippen molar-refractivity contribution in [2.45, 2.75) is 6.54 Å². The molecule has 0 aliphatic heterocycles. The highest BCUT2D eigenvalue weighted by Crippen LogP contribution is 2.08. The zero-order valence-electron chi connectivity index (χ0n) is 11.7. The van der Waals surface area contributed by atoms with E-state index < -0.39 is 17.5 Å². The summed E-state index contributed by atoms with van der Waals surface area (Å²) in [5.74, 6) is -2.89. The van der Waals surface area contributed by atoms with E-state index in [1.807, 2.05) is 0 Å². The fourth-order valence-corrected chi connectivity index (χ4v) is 1.81. The standard InChI is InChI=1S/C15H12F3N3OS/c16-10-3-1-9(2-4-10)8-19-15(23)21-20-14(22)12-6-5-11(17)7-13(12)18/h1-7H,8H2,(H,20,22)(H2,19,21,23). The lowest BCUT2D eigenvalue weighted by atomic mass is 10.2. The number of benzene rings is 2. The van der Waals surface area contributed by atoms with E-state index in [-0.39, 0.29) is 16.5 Å². The van der Waals surface area contributed by atoms with Crippen LogP contribution in [0.5, 0.6) is 0 Å². The minimum absolute atomic E-state index is 0.0881. The Hall–Kier alpha value is -2.61. The van der Waals surface area contributed by atoms with E-state index in [0.717, 1.165) is 17.7 Å². The lowest BCUT2D eigenvalue weighted by Crippen LogP contribution is -2.46. The van der Waals surface area contributed by atoms with E-state index in [4.69, 9.17) is 12.2 Å². The maximum atomic E-state index is 13.4. The van der Waals surface area contributed by atoms with Crippen LogP contribution in [0.2, 0.25) is 0 Å². The van der Waals surface area contributed by atoms with Crippen molar-refractivity contribution in [3.05, 3.63) is 71.0 Å². The molecule has 0 aliphatic rings. The summed E-state index contributed by atoms with van der Waals surface area (Å²) >= 11 is 4.94. The van der Waals surface area contributed by atoms with E-state index >= 15 is 0 Å². The minimum Gasteiger partial charge on any atom is -0.357 e. The molecule has 0 spiro atoms. The lowest BCUT2D eigenvalue weighted by molar-refractivity contribution is 0.0939. The molecule has 0 fully saturated rings. The number of carbonyl (C=O) groups excluding carboxylic acids is 1. The molecule has 0 radical (unpaired) electrons. The number of amides is 1. The molecule has 0 heterocycles. The molecule has 3 N–H and O–H groups in total. The van der Waals surface area contributed by atoms with Crippen molar-refractivity contribution < 1.29 is 18.0 Å². The highest BCUT2D eigenvalue weighted by molar-refractivity contribution is 7.80. The van der Waals surface area contributed by atoms with Crippen LogP contribution >= 0.6 is 12.2 Å². The highest BCUT2D eigenvalue weighted by atomic mass is 32.1. The third-order valence-corrected chi connectivity index (χ3v) is 3.08. The third-order valence-electron chi connectivity index (χ3n) is 2.83. The second-order valence-electron chi connectivity index (χ2n) is 4.51. The highest BCUT2D eigenvalue weighted by Gasteiger charge is 2.12. The summed E-state index contributed by atoms with van der Waals surface area (Å²) in [6.07, 6.45) is 0. The molecule has 0 atom stereocenters. The van der Waals surface area contributed by atoms with Gasteiger partial charge < -0.3 is 5.32 Å². The average molecular weight is 339 g/mol. The second-order valence-corrected chi connectivity index (χ2v) is 4.92. The number of halogens is 3. The van der Waals surface area contributed by atoms with Gasteiger partial charge >= 0.3 is 0 Å². The lowest BCUT2D eigenvalue weighted by Gasteiger charge is -2.12. The first kappa shape index (κ1) is 16.8. The van der Waals surface area contributed by atoms with Gasteiger partial charge in [0.25, 0.3) is 5.91 Å². The first-order valence-corrected chi connectivity index (χ1v) is 6.90. The molecule has 0 aliphatic carbocycles. The summed E-state index contributed by atoms with van der Waals surface area (Å²) in [5.41, 5.74) is 5.04. The number of hydrazine groups is 1. The molecule has 2 rings (SSSR count). The van der Waals surface area contributed by atoms with Crippen molar-refractivity contribution in [3.63, 3.8) is 0 Å². The first-order chi connectivity index (χ1) is 11.0. The summed E-state index contributed by atoms with van der Waals surface area (Å²) in [4.78, 5) is 11.7. The SMILES string of the molecule is O=C(NNC(=S)NCc1ccc(F)cc1)c1ccc(F)cc1F. The first-order valence-electron chi connectivity index (χ1n) is 6.49. The predicted octanol–water partition coefficient (Wildman–Crippen LogP) is 2.41. The Kier molecular flexibility index (Phi) is 5.53. The van der Waals surface area contributed by atoms with Gasteiger partial charge in [-0.15, -0.1) is 0 Å². The molecule has 4 nitrogen and oxygen atoms in total. The van der Waals surface area contributed by atoms with Crippen LogP contribution in [0.25, 0.3) is 0 Å². The number of thiocarbonyl (C=S) groups is 1. The van der Waals surface area contributed by atoms with Crippen LogP contribution in [-0.2, 0) is 6.54 Å². The van der Waals surface area contributed by atoms with Crippen molar-refractivity contribution in [2.75, 3.05) is 0 Å². The Morgan fingerprint density at radius 2 is 1.61 bits per heavy atom. The molecule has 120 valence electrons. The molecular weight excluding hydrogens is 327 g/mol. The Morgan fingerprint density at radius 3 is 2.26 bits per heavy atom. The maximum absolute atomic E-state index is 13.4. The van der Waals surface area contributed by atoms with Crippen LogP contribution in [0.15, 0.2) is 42.5 Å². The van der Waals surface area contributed by atoms with Gasteiger partial charge in [0.05, 0.1) is 5.56 Å². The minimum atomic E-state index is -0.977. The monoisotopic (exact) mass is 339 g/mol. The van der Waals surface area contributed by atoms with E-state index in [0.29, 0.717) is 12.6 Å². The van der Waals surface area contributed by atoms with Crippen LogP contribution in [0.4, 0.5) is 13.2 Å². The Labute approximate surface area is 135 Å². The molecule has 0 bridgehead atoms. The fourth-order valence-electron chi connectivity index (χ4n) is 1.68. The zero-order chi connectivity index (χ0) is 16.8. The molecule has 0 saturated heterocycles. The summed E-state index contributed by atoms with van der Waals surface area (Å²) in [7, 11) is 0. The van der Waals surface area contributed by atoms with Crippen molar-refractivity contribution in [2.24, 2.45) is 0 Å². The van der Waals surface area contributed by atoms with E-state index in [1.54, 1.807) is 12.1 Å². The van der Waals surface area contributed by atoms with Crippen molar-refractivity contribution in [3.8, 4) is 0 Å². The topological polar surface area (TPSA) is 53.2 Å². The Morgan fingerprint density at radius 1 is 0.957 bits per heavy atom. The molecule has 8 heteroatoms. The average Bonchev–Trinajstić information content (AvgIpc) is 2.52. The van der Waals surface area contributed by atoms with Gasteiger partial charge in [-0.3, -0.25) is 15.6 Å². The van der Waals surface area contributed by atoms with Crippen LogP contribution in [0.3, 0.4) is 0 Å². The maximum Gasteiger partial charge on any atom is 0.272 e. The van der Waals surface area contributed by atoms with Gasteiger partial charge in [0.2, 0.25) is 0 Å². The normalized spacial score (nSPS) is 10.0. The number of hydrogen-bond acceptors (Lipinski definition) is 2. The molecule has 23 heavy (non-hydrogen) atoms. The summed E-state index contributed by atoms with van der Waals surface area (Å²) in [5, 5.41) is 2.87. The van der Waals surface area contributed by atoms with Gasteiger partial charge in [0.15, 0.2) is 5.11 Å². The number of rotatable bonds is 3. The zero-order valence-corrected chi connectivity index (χ0v) is 12.5. The van der Waals surface area contributed by atoms with Gasteiger partial charge in [-0.1, -0.05) is 12.1 Å². The van der Waals surface area contributed by atoms with Crippen molar-refractivity contribution >= 4 is 23.2 Å². The molecule has 0 aromatic heterocycles. The fraction of sp³-hybridized carbons (Fsp3) is 0.0667. The molecule has 2 aromatic carbocycles. The van der Waals surface area contributed by atoms with Crippen LogP contribution < -0.4 is 16.2 Å². The largest absolute Gasteiger partial charge is 0.357 e. The number of nitrogens with one attached hydrogen (secondary N) is 3. The summed E-state index contributed by atoms with van der Waals surface area (Å²) in [6.45, 7) is 0.312. The quantitative estimate of drug-likeness (QED) is 0.594. The van der Waals surface area contributed by atoms with Gasteiger partial charge in [0, 0.05) is 12.6 Å². The van der Waals surface area contributed by atoms with E-state index in [2.05, 4.69) is 16.2 Å². The van der Waals surface area contributed by atoms with Gasteiger partial charge in [0.1, 0.15) is 17.5 Å². The van der Waals surface area contributed by atoms with Crippen LogP contribution in [0, 0.1) is 17.5 Å². The number of carbonyl (C=O) groups is 1. The molecular formula is C15H12F3N3OS. The van der Waals surface area contributed by atoms with Gasteiger partial charge in [-0.05, 0) is 42.0 Å². The molecule has 0 saturated carbocycles. The van der Waals surface area contributed by atoms with Crippen molar-refractivity contribution in [1.82, 2.24) is 16.2 Å². The van der Waals surface area contributed by atoms with Crippen LogP contribution in [-0.4, -0.2) is 11.0 Å². The summed E-state index contributed by atoms with van der Waals surface area (Å²) in [6, 6.07) is 8.40. The second kappa shape index (κ2) is 7.59. The van der Waals surface area contributed by atoms with Crippen LogP contribution in [0.1, 0.15) is 15.9 Å².